The number of benzene rings is 1. The van der Waals surface area contributed by atoms with Gasteiger partial charge in [0.25, 0.3) is 0 Å². The van der Waals surface area contributed by atoms with Crippen molar-refractivity contribution in [2.45, 2.75) is 36.8 Å². The van der Waals surface area contributed by atoms with Crippen LogP contribution < -0.4 is 10.1 Å². The van der Waals surface area contributed by atoms with Gasteiger partial charge in [0.1, 0.15) is 10.1 Å². The molecule has 1 fully saturated rings. The molecule has 0 saturated heterocycles. The summed E-state index contributed by atoms with van der Waals surface area (Å²) in [7, 11) is 0. The van der Waals surface area contributed by atoms with Crippen LogP contribution in [0.3, 0.4) is 0 Å². The lowest BCUT2D eigenvalue weighted by Gasteiger charge is -2.15. The second kappa shape index (κ2) is 6.42. The zero-order chi connectivity index (χ0) is 15.6. The fourth-order valence-electron chi connectivity index (χ4n) is 2.00. The summed E-state index contributed by atoms with van der Waals surface area (Å²) < 4.78 is 4.63. The van der Waals surface area contributed by atoms with Gasteiger partial charge in [-0.3, -0.25) is 4.79 Å². The standard InChI is InChI=1S/C15H19Cl2NO3/c1-9(2)21-11-5-3-4-10(6-11)13(19)8-18-14(20)12-7-15(12,16)17/h3-6,9,12-13,19H,7-8H2,1-2H3,(H,18,20). The molecule has 4 nitrogen and oxygen atoms in total. The van der Waals surface area contributed by atoms with E-state index < -0.39 is 10.4 Å². The van der Waals surface area contributed by atoms with Gasteiger partial charge in [0.15, 0.2) is 0 Å². The van der Waals surface area contributed by atoms with Crippen LogP contribution in [-0.2, 0) is 4.79 Å². The molecule has 0 bridgehead atoms. The van der Waals surface area contributed by atoms with Crippen LogP contribution in [0.1, 0.15) is 31.9 Å². The van der Waals surface area contributed by atoms with Gasteiger partial charge in [0, 0.05) is 6.54 Å². The van der Waals surface area contributed by atoms with Gasteiger partial charge in [-0.05, 0) is 38.0 Å². The van der Waals surface area contributed by atoms with Gasteiger partial charge in [0.05, 0.1) is 18.1 Å². The van der Waals surface area contributed by atoms with Crippen molar-refractivity contribution in [2.75, 3.05) is 6.54 Å². The number of hydrogen-bond acceptors (Lipinski definition) is 3. The van der Waals surface area contributed by atoms with Crippen LogP contribution in [0.25, 0.3) is 0 Å². The van der Waals surface area contributed by atoms with Gasteiger partial charge in [-0.15, -0.1) is 23.2 Å². The van der Waals surface area contributed by atoms with E-state index in [9.17, 15) is 9.90 Å². The number of amides is 1. The number of rotatable bonds is 6. The molecule has 116 valence electrons. The number of halogens is 2. The number of aliphatic hydroxyl groups is 1. The summed E-state index contributed by atoms with van der Waals surface area (Å²) in [6, 6.07) is 7.19. The van der Waals surface area contributed by atoms with Crippen LogP contribution in [0, 0.1) is 5.92 Å². The predicted molar refractivity (Wildman–Crippen MR) is 82.7 cm³/mol. The van der Waals surface area contributed by atoms with Crippen molar-refractivity contribution in [2.24, 2.45) is 5.92 Å². The lowest BCUT2D eigenvalue weighted by Crippen LogP contribution is -2.30. The molecule has 0 radical (unpaired) electrons. The molecule has 21 heavy (non-hydrogen) atoms. The average molecular weight is 332 g/mol. The molecule has 1 amide bonds. The van der Waals surface area contributed by atoms with E-state index in [1.165, 1.54) is 0 Å². The Hall–Kier alpha value is -0.970. The highest BCUT2D eigenvalue weighted by molar-refractivity contribution is 6.52. The molecule has 1 aliphatic carbocycles. The Kier molecular flexibility index (Phi) is 5.02. The fourth-order valence-corrected chi connectivity index (χ4v) is 2.51. The molecule has 2 rings (SSSR count). The van der Waals surface area contributed by atoms with Crippen LogP contribution in [0.2, 0.25) is 0 Å². The second-order valence-corrected chi connectivity index (χ2v) is 7.06. The first-order valence-electron chi connectivity index (χ1n) is 6.90. The zero-order valence-electron chi connectivity index (χ0n) is 12.0. The summed E-state index contributed by atoms with van der Waals surface area (Å²) in [5, 5.41) is 12.8. The fraction of sp³-hybridized carbons (Fsp3) is 0.533. The third kappa shape index (κ3) is 4.50. The topological polar surface area (TPSA) is 58.6 Å². The average Bonchev–Trinajstić information content (AvgIpc) is 3.04. The molecule has 0 aliphatic heterocycles. The molecule has 0 aromatic heterocycles. The van der Waals surface area contributed by atoms with Crippen molar-refractivity contribution in [1.29, 1.82) is 0 Å². The van der Waals surface area contributed by atoms with Crippen LogP contribution in [0.15, 0.2) is 24.3 Å². The summed E-state index contributed by atoms with van der Waals surface area (Å²) in [4.78, 5) is 11.8. The summed E-state index contributed by atoms with van der Waals surface area (Å²) >= 11 is 11.7. The van der Waals surface area contributed by atoms with Gasteiger partial charge in [-0.25, -0.2) is 0 Å². The van der Waals surface area contributed by atoms with Crippen LogP contribution in [-0.4, -0.2) is 28.0 Å². The van der Waals surface area contributed by atoms with Crippen LogP contribution >= 0.6 is 23.2 Å². The predicted octanol–water partition coefficient (Wildman–Crippen LogP) is 2.82. The number of alkyl halides is 2. The van der Waals surface area contributed by atoms with E-state index in [4.69, 9.17) is 27.9 Å². The van der Waals surface area contributed by atoms with Gasteiger partial charge in [-0.2, -0.15) is 0 Å². The minimum absolute atomic E-state index is 0.0625. The third-order valence-electron chi connectivity index (χ3n) is 3.23. The Morgan fingerprint density at radius 1 is 1.52 bits per heavy atom. The Morgan fingerprint density at radius 3 is 2.76 bits per heavy atom. The van der Waals surface area contributed by atoms with Crippen molar-refractivity contribution in [3.05, 3.63) is 29.8 Å². The number of carbonyl (C=O) groups excluding carboxylic acids is 1. The quantitative estimate of drug-likeness (QED) is 0.788. The zero-order valence-corrected chi connectivity index (χ0v) is 13.5. The largest absolute Gasteiger partial charge is 0.491 e. The van der Waals surface area contributed by atoms with Gasteiger partial charge >= 0.3 is 0 Å². The SMILES string of the molecule is CC(C)Oc1cccc(C(O)CNC(=O)C2CC2(Cl)Cl)c1. The number of aliphatic hydroxyl groups excluding tert-OH is 1. The van der Waals surface area contributed by atoms with Crippen molar-refractivity contribution in [1.82, 2.24) is 5.32 Å². The van der Waals surface area contributed by atoms with E-state index in [1.807, 2.05) is 26.0 Å². The molecule has 1 saturated carbocycles. The van der Waals surface area contributed by atoms with Crippen molar-refractivity contribution in [3.8, 4) is 5.75 Å². The first-order chi connectivity index (χ1) is 9.79. The minimum atomic E-state index is -0.944. The van der Waals surface area contributed by atoms with Crippen LogP contribution in [0.4, 0.5) is 0 Å². The maximum atomic E-state index is 11.8. The highest BCUT2D eigenvalue weighted by Crippen LogP contribution is 2.53. The summed E-state index contributed by atoms with van der Waals surface area (Å²) in [5.41, 5.74) is 0.687. The molecule has 0 spiro atoms. The Morgan fingerprint density at radius 2 is 2.19 bits per heavy atom. The van der Waals surface area contributed by atoms with E-state index in [-0.39, 0.29) is 24.5 Å². The summed E-state index contributed by atoms with van der Waals surface area (Å²) in [5.74, 6) is 0.0767. The Balaban J connectivity index is 1.88. The molecule has 2 N–H and O–H groups in total. The van der Waals surface area contributed by atoms with Crippen molar-refractivity contribution in [3.63, 3.8) is 0 Å². The lowest BCUT2D eigenvalue weighted by atomic mass is 10.1. The van der Waals surface area contributed by atoms with E-state index in [1.54, 1.807) is 12.1 Å². The highest BCUT2D eigenvalue weighted by atomic mass is 35.5. The molecule has 1 aromatic rings. The first kappa shape index (κ1) is 16.4. The van der Waals surface area contributed by atoms with Crippen molar-refractivity contribution >= 4 is 29.1 Å². The monoisotopic (exact) mass is 331 g/mol. The van der Waals surface area contributed by atoms with Crippen molar-refractivity contribution < 1.29 is 14.6 Å². The van der Waals surface area contributed by atoms with Gasteiger partial charge < -0.3 is 15.2 Å². The Bertz CT molecular complexity index is 519. The van der Waals surface area contributed by atoms with E-state index >= 15 is 0 Å². The molecular formula is C15H19Cl2NO3. The maximum Gasteiger partial charge on any atom is 0.226 e. The Labute approximate surface area is 134 Å². The van der Waals surface area contributed by atoms with Gasteiger partial charge in [-0.1, -0.05) is 12.1 Å². The number of nitrogens with one attached hydrogen (secondary N) is 1. The molecule has 0 heterocycles. The first-order valence-corrected chi connectivity index (χ1v) is 7.65. The molecule has 6 heteroatoms. The van der Waals surface area contributed by atoms with E-state index in [0.29, 0.717) is 17.7 Å². The molecule has 2 atom stereocenters. The van der Waals surface area contributed by atoms with E-state index in [0.717, 1.165) is 0 Å². The smallest absolute Gasteiger partial charge is 0.226 e. The number of hydrogen-bond donors (Lipinski definition) is 2. The van der Waals surface area contributed by atoms with Crippen LogP contribution in [0.5, 0.6) is 5.75 Å². The second-order valence-electron chi connectivity index (χ2n) is 5.52. The highest BCUT2D eigenvalue weighted by Gasteiger charge is 2.56. The third-order valence-corrected chi connectivity index (χ3v) is 4.06. The number of carbonyl (C=O) groups is 1. The van der Waals surface area contributed by atoms with Gasteiger partial charge in [0.2, 0.25) is 5.91 Å². The summed E-state index contributed by atoms with van der Waals surface area (Å²) in [6.07, 6.45) is -0.286. The molecular weight excluding hydrogens is 313 g/mol. The number of ether oxygens (including phenoxy) is 1. The summed E-state index contributed by atoms with van der Waals surface area (Å²) in [6.45, 7) is 3.98. The maximum absolute atomic E-state index is 11.8. The minimum Gasteiger partial charge on any atom is -0.491 e. The molecule has 2 unspecified atom stereocenters. The molecule has 1 aliphatic rings. The van der Waals surface area contributed by atoms with E-state index in [2.05, 4.69) is 5.32 Å². The molecule has 1 aromatic carbocycles. The lowest BCUT2D eigenvalue weighted by molar-refractivity contribution is -0.122. The normalized spacial score (nSPS) is 21.0.